The van der Waals surface area contributed by atoms with Crippen molar-refractivity contribution in [2.45, 2.75) is 13.5 Å². The molecule has 1 heterocycles. The van der Waals surface area contributed by atoms with Gasteiger partial charge >= 0.3 is 0 Å². The third kappa shape index (κ3) is 3.64. The van der Waals surface area contributed by atoms with Gasteiger partial charge in [-0.15, -0.1) is 0 Å². The van der Waals surface area contributed by atoms with Gasteiger partial charge in [-0.2, -0.15) is 0 Å². The number of aryl methyl sites for hydroxylation is 1. The van der Waals surface area contributed by atoms with Gasteiger partial charge < -0.3 is 15.2 Å². The van der Waals surface area contributed by atoms with E-state index < -0.39 is 0 Å². The molecule has 6 heteroatoms. The Hall–Kier alpha value is -3.41. The van der Waals surface area contributed by atoms with Crippen molar-refractivity contribution in [2.75, 3.05) is 7.05 Å². The Morgan fingerprint density at radius 3 is 2.54 bits per heavy atom. The largest absolute Gasteiger partial charge is 0.360 e. The number of benzene rings is 2. The van der Waals surface area contributed by atoms with Gasteiger partial charge in [0.05, 0.1) is 0 Å². The molecule has 0 aliphatic rings. The van der Waals surface area contributed by atoms with Crippen LogP contribution in [0.4, 0.5) is 0 Å². The number of hydrogen-bond acceptors (Lipinski definition) is 4. The van der Waals surface area contributed by atoms with Gasteiger partial charge in [0.2, 0.25) is 0 Å². The first-order valence-electron chi connectivity index (χ1n) is 8.21. The van der Waals surface area contributed by atoms with Crippen LogP contribution in [0.3, 0.4) is 0 Å². The lowest BCUT2D eigenvalue weighted by molar-refractivity contribution is 0.0947. The third-order valence-electron chi connectivity index (χ3n) is 4.01. The van der Waals surface area contributed by atoms with E-state index in [0.717, 1.165) is 11.1 Å². The normalized spacial score (nSPS) is 10.4. The van der Waals surface area contributed by atoms with Crippen LogP contribution in [0.25, 0.3) is 11.3 Å². The van der Waals surface area contributed by atoms with Crippen LogP contribution >= 0.6 is 0 Å². The number of aromatic nitrogens is 1. The van der Waals surface area contributed by atoms with E-state index in [4.69, 9.17) is 4.52 Å². The predicted molar refractivity (Wildman–Crippen MR) is 97.7 cm³/mol. The first-order valence-corrected chi connectivity index (χ1v) is 8.21. The first-order chi connectivity index (χ1) is 12.6. The molecule has 6 nitrogen and oxygen atoms in total. The molecular weight excluding hydrogens is 330 g/mol. The molecule has 3 aromatic rings. The molecule has 0 fully saturated rings. The number of carbonyl (C=O) groups excluding carboxylic acids is 2. The average molecular weight is 349 g/mol. The van der Waals surface area contributed by atoms with Crippen molar-refractivity contribution in [3.8, 4) is 11.3 Å². The third-order valence-corrected chi connectivity index (χ3v) is 4.01. The highest BCUT2D eigenvalue weighted by Gasteiger charge is 2.21. The van der Waals surface area contributed by atoms with Gasteiger partial charge in [-0.1, -0.05) is 47.6 Å². The standard InChI is InChI=1S/C20H19N3O3/c1-13-17(18(23-26-13)15-8-4-3-5-9-15)20(25)22-12-14-7-6-10-16(11-14)19(24)21-2/h3-11H,12H2,1-2H3,(H,21,24)(H,22,25). The van der Waals surface area contributed by atoms with Crippen LogP contribution in [-0.4, -0.2) is 24.0 Å². The molecule has 132 valence electrons. The van der Waals surface area contributed by atoms with E-state index in [9.17, 15) is 9.59 Å². The molecule has 1 aromatic heterocycles. The Labute approximate surface area is 151 Å². The molecule has 0 saturated carbocycles. The Morgan fingerprint density at radius 1 is 1.04 bits per heavy atom. The smallest absolute Gasteiger partial charge is 0.257 e. The van der Waals surface area contributed by atoms with E-state index >= 15 is 0 Å². The monoisotopic (exact) mass is 349 g/mol. The van der Waals surface area contributed by atoms with E-state index in [-0.39, 0.29) is 11.8 Å². The molecule has 3 rings (SSSR count). The SMILES string of the molecule is CNC(=O)c1cccc(CNC(=O)c2c(-c3ccccc3)noc2C)c1. The van der Waals surface area contributed by atoms with Crippen LogP contribution in [0.1, 0.15) is 32.0 Å². The van der Waals surface area contributed by atoms with E-state index in [0.29, 0.717) is 29.1 Å². The topological polar surface area (TPSA) is 84.2 Å². The van der Waals surface area contributed by atoms with Crippen LogP contribution < -0.4 is 10.6 Å². The molecule has 0 saturated heterocycles. The number of nitrogens with zero attached hydrogens (tertiary/aromatic N) is 1. The lowest BCUT2D eigenvalue weighted by atomic mass is 10.1. The summed E-state index contributed by atoms with van der Waals surface area (Å²) in [6.45, 7) is 2.00. The number of amides is 2. The summed E-state index contributed by atoms with van der Waals surface area (Å²) >= 11 is 0. The van der Waals surface area contributed by atoms with Crippen molar-refractivity contribution in [3.05, 3.63) is 77.0 Å². The van der Waals surface area contributed by atoms with E-state index in [1.807, 2.05) is 36.4 Å². The second-order valence-electron chi connectivity index (χ2n) is 5.79. The number of nitrogens with one attached hydrogen (secondary N) is 2. The number of hydrogen-bond donors (Lipinski definition) is 2. The Morgan fingerprint density at radius 2 is 1.81 bits per heavy atom. The maximum atomic E-state index is 12.7. The van der Waals surface area contributed by atoms with E-state index in [1.54, 1.807) is 32.2 Å². The van der Waals surface area contributed by atoms with Crippen molar-refractivity contribution < 1.29 is 14.1 Å². The summed E-state index contributed by atoms with van der Waals surface area (Å²) in [7, 11) is 1.58. The number of rotatable bonds is 5. The predicted octanol–water partition coefficient (Wildman–Crippen LogP) is 2.94. The van der Waals surface area contributed by atoms with Gasteiger partial charge in [-0.25, -0.2) is 0 Å². The minimum Gasteiger partial charge on any atom is -0.360 e. The van der Waals surface area contributed by atoms with E-state index in [1.165, 1.54) is 0 Å². The zero-order valence-corrected chi connectivity index (χ0v) is 14.6. The Kier molecular flexibility index (Phi) is 5.12. The zero-order chi connectivity index (χ0) is 18.5. The van der Waals surface area contributed by atoms with Crippen molar-refractivity contribution in [1.82, 2.24) is 15.8 Å². The summed E-state index contributed by atoms with van der Waals surface area (Å²) in [6.07, 6.45) is 0. The van der Waals surface area contributed by atoms with Gasteiger partial charge in [-0.3, -0.25) is 9.59 Å². The lowest BCUT2D eigenvalue weighted by Gasteiger charge is -2.07. The average Bonchev–Trinajstić information content (AvgIpc) is 3.08. The zero-order valence-electron chi connectivity index (χ0n) is 14.6. The maximum Gasteiger partial charge on any atom is 0.257 e. The lowest BCUT2D eigenvalue weighted by Crippen LogP contribution is -2.24. The van der Waals surface area contributed by atoms with Crippen LogP contribution in [0.2, 0.25) is 0 Å². The van der Waals surface area contributed by atoms with Gasteiger partial charge in [0.15, 0.2) is 0 Å². The van der Waals surface area contributed by atoms with Gasteiger partial charge in [0.25, 0.3) is 11.8 Å². The maximum absolute atomic E-state index is 12.7. The molecule has 2 amide bonds. The Balaban J connectivity index is 1.78. The highest BCUT2D eigenvalue weighted by molar-refractivity contribution is 6.00. The highest BCUT2D eigenvalue weighted by Crippen LogP contribution is 2.25. The fourth-order valence-electron chi connectivity index (χ4n) is 2.67. The quantitative estimate of drug-likeness (QED) is 0.742. The molecule has 0 unspecified atom stereocenters. The van der Waals surface area contributed by atoms with Crippen molar-refractivity contribution in [1.29, 1.82) is 0 Å². The molecule has 0 aliphatic carbocycles. The Bertz CT molecular complexity index is 932. The van der Waals surface area contributed by atoms with Gasteiger partial charge in [-0.05, 0) is 24.6 Å². The van der Waals surface area contributed by atoms with Crippen molar-refractivity contribution in [3.63, 3.8) is 0 Å². The summed E-state index contributed by atoms with van der Waals surface area (Å²) in [5, 5.41) is 9.47. The van der Waals surface area contributed by atoms with Crippen LogP contribution in [0.5, 0.6) is 0 Å². The fourth-order valence-corrected chi connectivity index (χ4v) is 2.67. The van der Waals surface area contributed by atoms with Crippen LogP contribution in [0.15, 0.2) is 59.1 Å². The summed E-state index contributed by atoms with van der Waals surface area (Å²) in [5.74, 6) is 0.0211. The highest BCUT2D eigenvalue weighted by atomic mass is 16.5. The minimum absolute atomic E-state index is 0.167. The van der Waals surface area contributed by atoms with Crippen molar-refractivity contribution in [2.24, 2.45) is 0 Å². The molecule has 0 bridgehead atoms. The first kappa shape index (κ1) is 17.4. The molecule has 0 spiro atoms. The summed E-state index contributed by atoms with van der Waals surface area (Å²) in [5.41, 5.74) is 3.12. The van der Waals surface area contributed by atoms with E-state index in [2.05, 4.69) is 15.8 Å². The fraction of sp³-hybridized carbons (Fsp3) is 0.150. The molecule has 2 N–H and O–H groups in total. The van der Waals surface area contributed by atoms with Crippen LogP contribution in [0, 0.1) is 6.92 Å². The molecule has 0 aliphatic heterocycles. The molecule has 0 radical (unpaired) electrons. The van der Waals surface area contributed by atoms with Crippen LogP contribution in [-0.2, 0) is 6.54 Å². The minimum atomic E-state index is -0.270. The number of carbonyl (C=O) groups is 2. The van der Waals surface area contributed by atoms with Gasteiger partial charge in [0, 0.05) is 24.7 Å². The molecule has 26 heavy (non-hydrogen) atoms. The van der Waals surface area contributed by atoms with Gasteiger partial charge in [0.1, 0.15) is 17.0 Å². The summed E-state index contributed by atoms with van der Waals surface area (Å²) in [4.78, 5) is 24.4. The second-order valence-corrected chi connectivity index (χ2v) is 5.79. The molecular formula is C20H19N3O3. The second kappa shape index (κ2) is 7.65. The molecule has 2 aromatic carbocycles. The summed E-state index contributed by atoms with van der Waals surface area (Å²) < 4.78 is 5.22. The summed E-state index contributed by atoms with van der Waals surface area (Å²) in [6, 6.07) is 16.5. The molecule has 0 atom stereocenters. The van der Waals surface area contributed by atoms with Crippen molar-refractivity contribution >= 4 is 11.8 Å².